The van der Waals surface area contributed by atoms with E-state index >= 15 is 0 Å². The van der Waals surface area contributed by atoms with Crippen molar-refractivity contribution in [1.82, 2.24) is 15.1 Å². The predicted octanol–water partition coefficient (Wildman–Crippen LogP) is 2.08. The zero-order valence-electron chi connectivity index (χ0n) is 12.6. The number of piperidine rings is 2. The molecule has 2 unspecified atom stereocenters. The van der Waals surface area contributed by atoms with E-state index in [0.29, 0.717) is 0 Å². The van der Waals surface area contributed by atoms with Crippen molar-refractivity contribution in [3.8, 4) is 0 Å². The van der Waals surface area contributed by atoms with Gasteiger partial charge >= 0.3 is 0 Å². The van der Waals surface area contributed by atoms with Crippen molar-refractivity contribution in [3.05, 3.63) is 0 Å². The van der Waals surface area contributed by atoms with Gasteiger partial charge in [0.2, 0.25) is 0 Å². The van der Waals surface area contributed by atoms with E-state index in [1.165, 1.54) is 77.5 Å². The molecule has 0 spiro atoms. The summed E-state index contributed by atoms with van der Waals surface area (Å²) in [7, 11) is 2.35. The Morgan fingerprint density at radius 3 is 2.37 bits per heavy atom. The molecule has 0 aromatic rings. The van der Waals surface area contributed by atoms with Crippen LogP contribution in [0.4, 0.5) is 0 Å². The molecule has 110 valence electrons. The van der Waals surface area contributed by atoms with Crippen molar-refractivity contribution < 1.29 is 0 Å². The molecule has 0 amide bonds. The van der Waals surface area contributed by atoms with Gasteiger partial charge in [0.05, 0.1) is 0 Å². The molecular weight excluding hydrogens is 234 g/mol. The molecule has 0 radical (unpaired) electrons. The second-order valence-corrected chi connectivity index (χ2v) is 6.93. The topological polar surface area (TPSA) is 18.5 Å². The molecule has 3 heterocycles. The molecule has 3 aliphatic heterocycles. The Bertz CT molecular complexity index is 261. The van der Waals surface area contributed by atoms with Crippen molar-refractivity contribution in [1.29, 1.82) is 0 Å². The summed E-state index contributed by atoms with van der Waals surface area (Å²) in [6.07, 6.45) is 11.3. The van der Waals surface area contributed by atoms with Gasteiger partial charge in [-0.05, 0) is 78.2 Å². The average molecular weight is 265 g/mol. The van der Waals surface area contributed by atoms with E-state index in [1.807, 2.05) is 0 Å². The van der Waals surface area contributed by atoms with Gasteiger partial charge in [-0.25, -0.2) is 0 Å². The van der Waals surface area contributed by atoms with Gasteiger partial charge < -0.3 is 15.1 Å². The molecule has 19 heavy (non-hydrogen) atoms. The zero-order chi connectivity index (χ0) is 13.1. The van der Waals surface area contributed by atoms with Gasteiger partial charge in [-0.2, -0.15) is 0 Å². The molecular formula is C16H31N3. The third-order valence-corrected chi connectivity index (χ3v) is 5.62. The van der Waals surface area contributed by atoms with E-state index in [0.717, 1.165) is 18.1 Å². The van der Waals surface area contributed by atoms with Crippen molar-refractivity contribution in [2.75, 3.05) is 33.2 Å². The molecule has 0 aliphatic carbocycles. The van der Waals surface area contributed by atoms with E-state index in [1.54, 1.807) is 0 Å². The van der Waals surface area contributed by atoms with Gasteiger partial charge in [-0.3, -0.25) is 0 Å². The molecule has 2 atom stereocenters. The first-order chi connectivity index (χ1) is 9.33. The summed E-state index contributed by atoms with van der Waals surface area (Å²) in [6, 6.07) is 2.53. The SMILES string of the molecule is CN1C2CCCC1CC(NCCCN1CCCC1)C2. The van der Waals surface area contributed by atoms with Gasteiger partial charge in [-0.15, -0.1) is 0 Å². The molecule has 3 nitrogen and oxygen atoms in total. The fourth-order valence-electron chi connectivity index (χ4n) is 4.40. The van der Waals surface area contributed by atoms with Crippen molar-refractivity contribution in [2.24, 2.45) is 0 Å². The van der Waals surface area contributed by atoms with E-state index in [4.69, 9.17) is 0 Å². The maximum atomic E-state index is 3.84. The summed E-state index contributed by atoms with van der Waals surface area (Å²) < 4.78 is 0. The standard InChI is InChI=1S/C16H31N3/c1-18-15-6-4-7-16(18)13-14(12-15)17-8-5-11-19-9-2-3-10-19/h14-17H,2-13H2,1H3. The van der Waals surface area contributed by atoms with Crippen LogP contribution in [0.1, 0.15) is 51.4 Å². The van der Waals surface area contributed by atoms with Gasteiger partial charge in [0.1, 0.15) is 0 Å². The first-order valence-corrected chi connectivity index (χ1v) is 8.50. The van der Waals surface area contributed by atoms with Crippen LogP contribution in [0.25, 0.3) is 0 Å². The van der Waals surface area contributed by atoms with Crippen LogP contribution < -0.4 is 5.32 Å². The number of nitrogens with one attached hydrogen (secondary N) is 1. The second kappa shape index (κ2) is 6.55. The molecule has 1 N–H and O–H groups in total. The van der Waals surface area contributed by atoms with Crippen LogP contribution in [0.5, 0.6) is 0 Å². The van der Waals surface area contributed by atoms with Crippen LogP contribution in [0, 0.1) is 0 Å². The summed E-state index contributed by atoms with van der Waals surface area (Å²) in [5.41, 5.74) is 0. The number of nitrogens with zero attached hydrogens (tertiary/aromatic N) is 2. The molecule has 0 saturated carbocycles. The summed E-state index contributed by atoms with van der Waals surface area (Å²) in [5, 5.41) is 3.84. The van der Waals surface area contributed by atoms with Crippen LogP contribution in [0.3, 0.4) is 0 Å². The number of rotatable bonds is 5. The quantitative estimate of drug-likeness (QED) is 0.768. The van der Waals surface area contributed by atoms with Crippen molar-refractivity contribution in [3.63, 3.8) is 0 Å². The zero-order valence-corrected chi connectivity index (χ0v) is 12.6. The van der Waals surface area contributed by atoms with Gasteiger partial charge in [0, 0.05) is 18.1 Å². The lowest BCUT2D eigenvalue weighted by atomic mass is 9.82. The third-order valence-electron chi connectivity index (χ3n) is 5.62. The minimum atomic E-state index is 0.796. The molecule has 3 aliphatic rings. The maximum Gasteiger partial charge on any atom is 0.0110 e. The first kappa shape index (κ1) is 13.8. The average Bonchev–Trinajstić information content (AvgIpc) is 2.88. The Morgan fingerprint density at radius 2 is 1.68 bits per heavy atom. The van der Waals surface area contributed by atoms with Gasteiger partial charge in [0.25, 0.3) is 0 Å². The number of fused-ring (bicyclic) bond motifs is 2. The Morgan fingerprint density at radius 1 is 1.00 bits per heavy atom. The van der Waals surface area contributed by atoms with Crippen LogP contribution in [-0.4, -0.2) is 61.2 Å². The minimum absolute atomic E-state index is 0.796. The number of likely N-dealkylation sites (tertiary alicyclic amines) is 1. The summed E-state index contributed by atoms with van der Waals surface area (Å²) in [6.45, 7) is 5.23. The molecule has 0 aromatic carbocycles. The molecule has 3 saturated heterocycles. The maximum absolute atomic E-state index is 3.84. The lowest BCUT2D eigenvalue weighted by Gasteiger charge is -2.47. The lowest BCUT2D eigenvalue weighted by molar-refractivity contribution is 0.0485. The van der Waals surface area contributed by atoms with E-state index in [-0.39, 0.29) is 0 Å². The molecule has 2 bridgehead atoms. The smallest absolute Gasteiger partial charge is 0.0110 e. The van der Waals surface area contributed by atoms with Gasteiger partial charge in [0.15, 0.2) is 0 Å². The fourth-order valence-corrected chi connectivity index (χ4v) is 4.40. The highest BCUT2D eigenvalue weighted by molar-refractivity contribution is 4.93. The van der Waals surface area contributed by atoms with Gasteiger partial charge in [-0.1, -0.05) is 6.42 Å². The minimum Gasteiger partial charge on any atom is -0.314 e. The molecule has 3 fully saturated rings. The Hall–Kier alpha value is -0.120. The van der Waals surface area contributed by atoms with Crippen LogP contribution in [0.15, 0.2) is 0 Å². The molecule has 3 rings (SSSR count). The number of hydrogen-bond donors (Lipinski definition) is 1. The van der Waals surface area contributed by atoms with E-state index in [9.17, 15) is 0 Å². The number of hydrogen-bond acceptors (Lipinski definition) is 3. The highest BCUT2D eigenvalue weighted by atomic mass is 15.2. The highest BCUT2D eigenvalue weighted by Crippen LogP contribution is 2.32. The van der Waals surface area contributed by atoms with Crippen LogP contribution >= 0.6 is 0 Å². The van der Waals surface area contributed by atoms with E-state index in [2.05, 4.69) is 22.2 Å². The first-order valence-electron chi connectivity index (χ1n) is 8.50. The van der Waals surface area contributed by atoms with Crippen LogP contribution in [0.2, 0.25) is 0 Å². The Kier molecular flexibility index (Phi) is 4.78. The molecule has 3 heteroatoms. The van der Waals surface area contributed by atoms with E-state index < -0.39 is 0 Å². The second-order valence-electron chi connectivity index (χ2n) is 6.93. The predicted molar refractivity (Wildman–Crippen MR) is 80.5 cm³/mol. The Labute approximate surface area is 118 Å². The van der Waals surface area contributed by atoms with Crippen molar-refractivity contribution in [2.45, 2.75) is 69.5 Å². The normalized spacial score (nSPS) is 36.8. The van der Waals surface area contributed by atoms with Crippen LogP contribution in [-0.2, 0) is 0 Å². The Balaban J connectivity index is 1.34. The highest BCUT2D eigenvalue weighted by Gasteiger charge is 2.35. The van der Waals surface area contributed by atoms with Crippen molar-refractivity contribution >= 4 is 0 Å². The third kappa shape index (κ3) is 3.50. The summed E-state index contributed by atoms with van der Waals surface area (Å²) >= 11 is 0. The monoisotopic (exact) mass is 265 g/mol. The summed E-state index contributed by atoms with van der Waals surface area (Å²) in [5.74, 6) is 0. The summed E-state index contributed by atoms with van der Waals surface area (Å²) in [4.78, 5) is 5.29. The fraction of sp³-hybridized carbons (Fsp3) is 1.00. The lowest BCUT2D eigenvalue weighted by Crippen LogP contribution is -2.54. The molecule has 0 aromatic heterocycles. The largest absolute Gasteiger partial charge is 0.314 e.